The molecule has 2 rings (SSSR count). The Balaban J connectivity index is 2.03. The number of fused-ring (bicyclic) bond motifs is 1. The first-order valence-electron chi connectivity index (χ1n) is 5.71. The first-order valence-corrected chi connectivity index (χ1v) is 6.59. The molecule has 1 aliphatic rings. The lowest BCUT2D eigenvalue weighted by atomic mass is 9.99. The van der Waals surface area contributed by atoms with Gasteiger partial charge in [0.25, 0.3) is 0 Å². The Labute approximate surface area is 96.1 Å². The van der Waals surface area contributed by atoms with Crippen LogP contribution in [-0.4, -0.2) is 24.0 Å². The molecule has 2 unspecified atom stereocenters. The molecule has 0 bridgehead atoms. The normalized spacial score (nSPS) is 21.0. The molecule has 1 aromatic rings. The number of thiophene rings is 1. The number of hydrogen-bond donors (Lipinski definition) is 1. The minimum atomic E-state index is 0.588. The third-order valence-electron chi connectivity index (χ3n) is 3.61. The summed E-state index contributed by atoms with van der Waals surface area (Å²) in [6.45, 7) is 7.64. The number of nitrogens with two attached hydrogens (primary N) is 1. The van der Waals surface area contributed by atoms with Gasteiger partial charge in [-0.3, -0.25) is 4.90 Å². The number of nitrogens with zero attached hydrogens (tertiary/aromatic N) is 1. The minimum absolute atomic E-state index is 0.588. The molecule has 0 saturated carbocycles. The highest BCUT2D eigenvalue weighted by molar-refractivity contribution is 7.10. The lowest BCUT2D eigenvalue weighted by molar-refractivity contribution is 0.149. The molecule has 0 amide bonds. The fourth-order valence-electron chi connectivity index (χ4n) is 2.17. The van der Waals surface area contributed by atoms with E-state index < -0.39 is 0 Å². The van der Waals surface area contributed by atoms with Gasteiger partial charge in [-0.15, -0.1) is 11.3 Å². The van der Waals surface area contributed by atoms with Crippen LogP contribution in [0, 0.1) is 5.92 Å². The zero-order valence-electron chi connectivity index (χ0n) is 9.57. The van der Waals surface area contributed by atoms with Gasteiger partial charge in [-0.1, -0.05) is 6.92 Å². The van der Waals surface area contributed by atoms with Gasteiger partial charge in [0, 0.05) is 24.0 Å². The first kappa shape index (κ1) is 11.1. The second kappa shape index (κ2) is 4.64. The van der Waals surface area contributed by atoms with Crippen molar-refractivity contribution in [2.45, 2.75) is 32.9 Å². The Morgan fingerprint density at radius 1 is 1.53 bits per heavy atom. The van der Waals surface area contributed by atoms with E-state index in [0.717, 1.165) is 13.1 Å². The monoisotopic (exact) mass is 224 g/mol. The first-order chi connectivity index (χ1) is 7.22. The quantitative estimate of drug-likeness (QED) is 0.852. The van der Waals surface area contributed by atoms with Crippen LogP contribution in [0.3, 0.4) is 0 Å². The average Bonchev–Trinajstić information content (AvgIpc) is 2.73. The molecular formula is C12H20N2S. The molecule has 1 aliphatic heterocycles. The summed E-state index contributed by atoms with van der Waals surface area (Å²) in [5, 5.41) is 2.21. The largest absolute Gasteiger partial charge is 0.330 e. The third kappa shape index (κ3) is 2.25. The van der Waals surface area contributed by atoms with E-state index in [9.17, 15) is 0 Å². The molecule has 84 valence electrons. The summed E-state index contributed by atoms with van der Waals surface area (Å²) in [7, 11) is 0. The van der Waals surface area contributed by atoms with E-state index in [1.165, 1.54) is 18.5 Å². The highest BCUT2D eigenvalue weighted by atomic mass is 32.1. The third-order valence-corrected chi connectivity index (χ3v) is 4.63. The molecule has 0 radical (unpaired) electrons. The van der Waals surface area contributed by atoms with Gasteiger partial charge < -0.3 is 5.73 Å². The molecule has 0 saturated heterocycles. The predicted octanol–water partition coefficient (Wildman–Crippen LogP) is 2.09. The molecule has 1 aromatic heterocycles. The van der Waals surface area contributed by atoms with Crippen molar-refractivity contribution in [1.29, 1.82) is 0 Å². The Morgan fingerprint density at radius 3 is 3.07 bits per heavy atom. The van der Waals surface area contributed by atoms with Crippen LogP contribution >= 0.6 is 11.3 Å². The van der Waals surface area contributed by atoms with Gasteiger partial charge in [0.15, 0.2) is 0 Å². The molecule has 2 N–H and O–H groups in total. The molecule has 15 heavy (non-hydrogen) atoms. The highest BCUT2D eigenvalue weighted by Gasteiger charge is 2.23. The van der Waals surface area contributed by atoms with E-state index >= 15 is 0 Å². The van der Waals surface area contributed by atoms with Gasteiger partial charge >= 0.3 is 0 Å². The Bertz CT molecular complexity index is 321. The van der Waals surface area contributed by atoms with Crippen molar-refractivity contribution in [3.05, 3.63) is 21.9 Å². The van der Waals surface area contributed by atoms with Crippen LogP contribution in [-0.2, 0) is 13.0 Å². The van der Waals surface area contributed by atoms with Crippen molar-refractivity contribution in [3.8, 4) is 0 Å². The van der Waals surface area contributed by atoms with Crippen molar-refractivity contribution < 1.29 is 0 Å². The molecular weight excluding hydrogens is 204 g/mol. The minimum Gasteiger partial charge on any atom is -0.330 e. The molecule has 0 aromatic carbocycles. The molecule has 2 heterocycles. The summed E-state index contributed by atoms with van der Waals surface area (Å²) < 4.78 is 0. The predicted molar refractivity (Wildman–Crippen MR) is 66.1 cm³/mol. The van der Waals surface area contributed by atoms with Gasteiger partial charge in [0.2, 0.25) is 0 Å². The topological polar surface area (TPSA) is 29.3 Å². The Hall–Kier alpha value is -0.380. The van der Waals surface area contributed by atoms with Crippen molar-refractivity contribution in [1.82, 2.24) is 4.90 Å². The second-order valence-corrected chi connectivity index (χ2v) is 5.54. The zero-order valence-corrected chi connectivity index (χ0v) is 10.4. The molecule has 0 spiro atoms. The lowest BCUT2D eigenvalue weighted by Gasteiger charge is -2.35. The van der Waals surface area contributed by atoms with Crippen LogP contribution in [0.5, 0.6) is 0 Å². The van der Waals surface area contributed by atoms with Crippen LogP contribution in [0.1, 0.15) is 24.3 Å². The van der Waals surface area contributed by atoms with E-state index in [4.69, 9.17) is 5.73 Å². The summed E-state index contributed by atoms with van der Waals surface area (Å²) in [6.07, 6.45) is 1.22. The lowest BCUT2D eigenvalue weighted by Crippen LogP contribution is -2.42. The maximum Gasteiger partial charge on any atom is 0.0247 e. The van der Waals surface area contributed by atoms with Gasteiger partial charge in [0.1, 0.15) is 0 Å². The van der Waals surface area contributed by atoms with Crippen LogP contribution in [0.25, 0.3) is 0 Å². The van der Waals surface area contributed by atoms with Gasteiger partial charge in [-0.05, 0) is 42.8 Å². The fraction of sp³-hybridized carbons (Fsp3) is 0.667. The van der Waals surface area contributed by atoms with Gasteiger partial charge in [0.05, 0.1) is 0 Å². The smallest absolute Gasteiger partial charge is 0.0247 e. The van der Waals surface area contributed by atoms with Crippen LogP contribution in [0.4, 0.5) is 0 Å². The second-order valence-electron chi connectivity index (χ2n) is 4.54. The van der Waals surface area contributed by atoms with Crippen LogP contribution in [0.15, 0.2) is 11.4 Å². The van der Waals surface area contributed by atoms with E-state index in [1.54, 1.807) is 4.88 Å². The molecule has 0 aliphatic carbocycles. The standard InChI is InChI=1S/C12H20N2S/c1-9(7-13)10(2)14-5-3-12-11(8-14)4-6-15-12/h4,6,9-10H,3,5,7-8,13H2,1-2H3. The maximum absolute atomic E-state index is 5.73. The van der Waals surface area contributed by atoms with Gasteiger partial charge in [-0.2, -0.15) is 0 Å². The fourth-order valence-corrected chi connectivity index (χ4v) is 3.06. The van der Waals surface area contributed by atoms with E-state index in [1.807, 2.05) is 11.3 Å². The van der Waals surface area contributed by atoms with Gasteiger partial charge in [-0.25, -0.2) is 0 Å². The van der Waals surface area contributed by atoms with Crippen molar-refractivity contribution >= 4 is 11.3 Å². The summed E-state index contributed by atoms with van der Waals surface area (Å²) in [4.78, 5) is 4.14. The van der Waals surface area contributed by atoms with E-state index in [0.29, 0.717) is 12.0 Å². The summed E-state index contributed by atoms with van der Waals surface area (Å²) in [6, 6.07) is 2.87. The van der Waals surface area contributed by atoms with Crippen molar-refractivity contribution in [2.24, 2.45) is 11.7 Å². The molecule has 2 nitrogen and oxygen atoms in total. The number of hydrogen-bond acceptors (Lipinski definition) is 3. The summed E-state index contributed by atoms with van der Waals surface area (Å²) in [5.41, 5.74) is 7.26. The Morgan fingerprint density at radius 2 is 2.33 bits per heavy atom. The zero-order chi connectivity index (χ0) is 10.8. The van der Waals surface area contributed by atoms with E-state index in [-0.39, 0.29) is 0 Å². The molecule has 3 heteroatoms. The maximum atomic E-state index is 5.73. The molecule has 2 atom stereocenters. The number of rotatable bonds is 3. The van der Waals surface area contributed by atoms with Crippen LogP contribution < -0.4 is 5.73 Å². The van der Waals surface area contributed by atoms with E-state index in [2.05, 4.69) is 30.2 Å². The van der Waals surface area contributed by atoms with Crippen molar-refractivity contribution in [2.75, 3.05) is 13.1 Å². The summed E-state index contributed by atoms with van der Waals surface area (Å²) >= 11 is 1.90. The van der Waals surface area contributed by atoms with Crippen LogP contribution in [0.2, 0.25) is 0 Å². The highest BCUT2D eigenvalue weighted by Crippen LogP contribution is 2.26. The van der Waals surface area contributed by atoms with Crippen molar-refractivity contribution in [3.63, 3.8) is 0 Å². The average molecular weight is 224 g/mol. The SMILES string of the molecule is CC(CN)C(C)N1CCc2sccc2C1. The molecule has 0 fully saturated rings. The Kier molecular flexibility index (Phi) is 3.44. The summed E-state index contributed by atoms with van der Waals surface area (Å²) in [5.74, 6) is 0.588.